The summed E-state index contributed by atoms with van der Waals surface area (Å²) in [5, 5.41) is 9.63. The van der Waals surface area contributed by atoms with Gasteiger partial charge in [-0.1, -0.05) is 12.1 Å². The summed E-state index contributed by atoms with van der Waals surface area (Å²) in [5.74, 6) is 0.0624. The number of phenols is 1. The van der Waals surface area contributed by atoms with E-state index in [0.29, 0.717) is 11.3 Å². The lowest BCUT2D eigenvalue weighted by molar-refractivity contribution is 0.468. The zero-order chi connectivity index (χ0) is 10.0. The Kier molecular flexibility index (Phi) is 4.47. The summed E-state index contributed by atoms with van der Waals surface area (Å²) >= 11 is 0. The van der Waals surface area contributed by atoms with E-state index in [0.717, 1.165) is 5.56 Å². The molecule has 14 heavy (non-hydrogen) atoms. The van der Waals surface area contributed by atoms with E-state index < -0.39 is 0 Å². The van der Waals surface area contributed by atoms with Crippen molar-refractivity contribution >= 4 is 18.1 Å². The number of nitrogens with two attached hydrogens (primary N) is 2. The predicted molar refractivity (Wildman–Crippen MR) is 61.6 cm³/mol. The largest absolute Gasteiger partial charge is 0.505 e. The van der Waals surface area contributed by atoms with E-state index in [9.17, 15) is 5.11 Å². The number of benzene rings is 1. The van der Waals surface area contributed by atoms with Crippen molar-refractivity contribution < 1.29 is 5.11 Å². The van der Waals surface area contributed by atoms with Crippen molar-refractivity contribution in [1.82, 2.24) is 0 Å². The van der Waals surface area contributed by atoms with Gasteiger partial charge in [-0.2, -0.15) is 0 Å². The summed E-state index contributed by atoms with van der Waals surface area (Å²) in [7, 11) is 0. The van der Waals surface area contributed by atoms with Crippen molar-refractivity contribution in [3.63, 3.8) is 0 Å². The number of aryl methyl sites for hydroxylation is 1. The maximum atomic E-state index is 9.63. The molecule has 0 saturated heterocycles. The lowest BCUT2D eigenvalue weighted by atomic mass is 10.00. The summed E-state index contributed by atoms with van der Waals surface area (Å²) in [6.45, 7) is 5.44. The molecular formula is C10H15ClN2O. The molecule has 78 valence electrons. The number of hydrogen-bond donors (Lipinski definition) is 3. The minimum Gasteiger partial charge on any atom is -0.505 e. The maximum absolute atomic E-state index is 9.63. The van der Waals surface area contributed by atoms with Crippen LogP contribution >= 0.6 is 12.4 Å². The van der Waals surface area contributed by atoms with Gasteiger partial charge in [0.15, 0.2) is 0 Å². The molecule has 0 heterocycles. The Hall–Kier alpha value is -1.19. The van der Waals surface area contributed by atoms with E-state index in [4.69, 9.17) is 11.5 Å². The fourth-order valence-electron chi connectivity index (χ4n) is 1.26. The maximum Gasteiger partial charge on any atom is 0.143 e. The molecule has 0 radical (unpaired) electrons. The van der Waals surface area contributed by atoms with Crippen molar-refractivity contribution in [3.8, 4) is 5.75 Å². The van der Waals surface area contributed by atoms with Gasteiger partial charge in [0.2, 0.25) is 0 Å². The Bertz CT molecular complexity index is 339. The molecule has 0 fully saturated rings. The van der Waals surface area contributed by atoms with Gasteiger partial charge in [0.1, 0.15) is 5.75 Å². The molecule has 0 amide bonds. The second-order valence-electron chi connectivity index (χ2n) is 3.00. The van der Waals surface area contributed by atoms with Gasteiger partial charge in [-0.15, -0.1) is 19.0 Å². The van der Waals surface area contributed by atoms with Crippen molar-refractivity contribution in [2.24, 2.45) is 5.73 Å². The standard InChI is InChI=1S/C10H14N2O.ClH/c1-3-7(11)9-6(2)4-5-8(12)10(9)13;/h3-5,7,13H,1,11-12H2,2H3;1H/t7-;/m0./s1. The SMILES string of the molecule is C=C[C@H](N)c1c(C)ccc(N)c1O.Cl. The molecule has 0 bridgehead atoms. The van der Waals surface area contributed by atoms with Crippen LogP contribution in [0.25, 0.3) is 0 Å². The summed E-state index contributed by atoms with van der Waals surface area (Å²) in [5.41, 5.74) is 13.2. The van der Waals surface area contributed by atoms with Crippen LogP contribution in [0.3, 0.4) is 0 Å². The third-order valence-corrected chi connectivity index (χ3v) is 2.05. The van der Waals surface area contributed by atoms with Crippen LogP contribution in [0.15, 0.2) is 24.8 Å². The van der Waals surface area contributed by atoms with Crippen LogP contribution in [0.4, 0.5) is 5.69 Å². The third-order valence-electron chi connectivity index (χ3n) is 2.05. The second-order valence-corrected chi connectivity index (χ2v) is 3.00. The Labute approximate surface area is 89.8 Å². The average Bonchev–Trinajstić information content (AvgIpc) is 2.12. The predicted octanol–water partition coefficient (Wildman–Crippen LogP) is 1.89. The molecule has 4 heteroatoms. The number of rotatable bonds is 2. The summed E-state index contributed by atoms with van der Waals surface area (Å²) in [6.07, 6.45) is 1.57. The van der Waals surface area contributed by atoms with Gasteiger partial charge in [-0.05, 0) is 18.6 Å². The van der Waals surface area contributed by atoms with Crippen molar-refractivity contribution in [2.45, 2.75) is 13.0 Å². The van der Waals surface area contributed by atoms with E-state index in [1.807, 2.05) is 13.0 Å². The Morgan fingerprint density at radius 3 is 2.57 bits per heavy atom. The van der Waals surface area contributed by atoms with Gasteiger partial charge in [0, 0.05) is 5.56 Å². The van der Waals surface area contributed by atoms with Crippen LogP contribution in [0, 0.1) is 6.92 Å². The molecule has 1 aromatic rings. The molecule has 0 unspecified atom stereocenters. The van der Waals surface area contributed by atoms with Crippen LogP contribution in [0.2, 0.25) is 0 Å². The smallest absolute Gasteiger partial charge is 0.143 e. The number of nitrogen functional groups attached to an aromatic ring is 1. The number of anilines is 1. The van der Waals surface area contributed by atoms with E-state index in [2.05, 4.69) is 6.58 Å². The topological polar surface area (TPSA) is 72.3 Å². The first-order valence-electron chi connectivity index (χ1n) is 4.04. The zero-order valence-corrected chi connectivity index (χ0v) is 8.84. The number of halogens is 1. The van der Waals surface area contributed by atoms with Gasteiger partial charge < -0.3 is 16.6 Å². The fourth-order valence-corrected chi connectivity index (χ4v) is 1.26. The highest BCUT2D eigenvalue weighted by molar-refractivity contribution is 5.85. The minimum absolute atomic E-state index is 0. The molecule has 0 saturated carbocycles. The average molecular weight is 215 g/mol. The molecule has 0 aliphatic carbocycles. The van der Waals surface area contributed by atoms with Crippen molar-refractivity contribution in [3.05, 3.63) is 35.9 Å². The van der Waals surface area contributed by atoms with Gasteiger partial charge in [-0.3, -0.25) is 0 Å². The van der Waals surface area contributed by atoms with Crippen molar-refractivity contribution in [2.75, 3.05) is 5.73 Å². The molecule has 0 aliphatic rings. The molecule has 0 spiro atoms. The molecule has 1 atom stereocenters. The highest BCUT2D eigenvalue weighted by Gasteiger charge is 2.12. The summed E-state index contributed by atoms with van der Waals surface area (Å²) in [4.78, 5) is 0. The lowest BCUT2D eigenvalue weighted by Gasteiger charge is -2.13. The van der Waals surface area contributed by atoms with Crippen LogP contribution in [0.5, 0.6) is 5.75 Å². The zero-order valence-electron chi connectivity index (χ0n) is 8.03. The molecule has 0 aliphatic heterocycles. The second kappa shape index (κ2) is 4.88. The molecule has 1 aromatic carbocycles. The minimum atomic E-state index is -0.372. The van der Waals surface area contributed by atoms with Crippen LogP contribution in [-0.4, -0.2) is 5.11 Å². The summed E-state index contributed by atoms with van der Waals surface area (Å²) in [6, 6.07) is 3.11. The third kappa shape index (κ3) is 2.19. The van der Waals surface area contributed by atoms with E-state index in [1.54, 1.807) is 12.1 Å². The Morgan fingerprint density at radius 2 is 2.07 bits per heavy atom. The quantitative estimate of drug-likeness (QED) is 0.400. The Morgan fingerprint density at radius 1 is 1.50 bits per heavy atom. The first-order valence-corrected chi connectivity index (χ1v) is 4.04. The van der Waals surface area contributed by atoms with Crippen LogP contribution < -0.4 is 11.5 Å². The molecular weight excluding hydrogens is 200 g/mol. The fraction of sp³-hybridized carbons (Fsp3) is 0.200. The van der Waals surface area contributed by atoms with Crippen LogP contribution in [0.1, 0.15) is 17.2 Å². The van der Waals surface area contributed by atoms with Crippen LogP contribution in [-0.2, 0) is 0 Å². The number of phenolic OH excluding ortho intramolecular Hbond substituents is 1. The van der Waals surface area contributed by atoms with Crippen molar-refractivity contribution in [1.29, 1.82) is 0 Å². The highest BCUT2D eigenvalue weighted by atomic mass is 35.5. The normalized spacial score (nSPS) is 11.6. The number of hydrogen-bond acceptors (Lipinski definition) is 3. The van der Waals surface area contributed by atoms with E-state index in [1.165, 1.54) is 0 Å². The van der Waals surface area contributed by atoms with E-state index in [-0.39, 0.29) is 24.2 Å². The van der Waals surface area contributed by atoms with Gasteiger partial charge in [0.25, 0.3) is 0 Å². The highest BCUT2D eigenvalue weighted by Crippen LogP contribution is 2.31. The molecule has 3 nitrogen and oxygen atoms in total. The first kappa shape index (κ1) is 12.8. The Balaban J connectivity index is 0.00000169. The van der Waals surface area contributed by atoms with Gasteiger partial charge in [-0.25, -0.2) is 0 Å². The first-order chi connectivity index (χ1) is 6.07. The molecule has 5 N–H and O–H groups in total. The molecule has 1 rings (SSSR count). The summed E-state index contributed by atoms with van der Waals surface area (Å²) < 4.78 is 0. The molecule has 0 aromatic heterocycles. The lowest BCUT2D eigenvalue weighted by Crippen LogP contribution is -2.09. The van der Waals surface area contributed by atoms with Gasteiger partial charge in [0.05, 0.1) is 11.7 Å². The van der Waals surface area contributed by atoms with E-state index >= 15 is 0 Å². The number of aromatic hydroxyl groups is 1. The monoisotopic (exact) mass is 214 g/mol. The van der Waals surface area contributed by atoms with Gasteiger partial charge >= 0.3 is 0 Å².